The molecular weight excluding hydrogens is 212 g/mol. The lowest BCUT2D eigenvalue weighted by Gasteiger charge is -2.28. The second kappa shape index (κ2) is 6.11. The first kappa shape index (κ1) is 13.5. The van der Waals surface area contributed by atoms with E-state index in [1.165, 1.54) is 0 Å². The van der Waals surface area contributed by atoms with E-state index in [4.69, 9.17) is 15.3 Å². The number of rotatable bonds is 8. The molecule has 9 heteroatoms. The summed E-state index contributed by atoms with van der Waals surface area (Å²) in [7, 11) is 0. The van der Waals surface area contributed by atoms with Gasteiger partial charge in [0.05, 0.1) is 25.3 Å². The molecule has 4 N–H and O–H groups in total. The molecule has 0 heterocycles. The summed E-state index contributed by atoms with van der Waals surface area (Å²) in [4.78, 5) is 24.1. The van der Waals surface area contributed by atoms with E-state index in [0.29, 0.717) is 0 Å². The number of aliphatic hydroxyl groups is 2. The van der Waals surface area contributed by atoms with E-state index in [9.17, 15) is 14.9 Å². The summed E-state index contributed by atoms with van der Waals surface area (Å²) in [5.41, 5.74) is -1.54. The van der Waals surface area contributed by atoms with Crippen molar-refractivity contribution in [3.05, 3.63) is 10.1 Å². The van der Waals surface area contributed by atoms with Crippen LogP contribution in [0, 0.1) is 10.1 Å². The van der Waals surface area contributed by atoms with Gasteiger partial charge in [-0.3, -0.25) is 10.1 Å². The van der Waals surface area contributed by atoms with Crippen molar-refractivity contribution >= 4 is 5.97 Å². The van der Waals surface area contributed by atoms with Gasteiger partial charge in [-0.2, -0.15) is 0 Å². The predicted molar refractivity (Wildman–Crippen MR) is 45.5 cm³/mol. The Hall–Kier alpha value is -1.45. The molecule has 0 saturated carbocycles. The monoisotopic (exact) mass is 224 g/mol. The van der Waals surface area contributed by atoms with Crippen LogP contribution in [0.2, 0.25) is 0 Å². The minimum absolute atomic E-state index is 0.553. The van der Waals surface area contributed by atoms with E-state index in [-0.39, 0.29) is 0 Å². The molecule has 0 rings (SSSR count). The quantitative estimate of drug-likeness (QED) is 0.264. The van der Waals surface area contributed by atoms with Crippen LogP contribution in [-0.2, 0) is 9.63 Å². The highest BCUT2D eigenvalue weighted by atomic mass is 16.9. The van der Waals surface area contributed by atoms with Gasteiger partial charge in [-0.25, -0.2) is 0 Å². The molecule has 0 radical (unpaired) electrons. The first-order valence-electron chi connectivity index (χ1n) is 3.91. The highest BCUT2D eigenvalue weighted by Crippen LogP contribution is 2.03. The van der Waals surface area contributed by atoms with Crippen molar-refractivity contribution in [2.45, 2.75) is 5.54 Å². The van der Waals surface area contributed by atoms with Gasteiger partial charge in [0.2, 0.25) is 0 Å². The third-order valence-corrected chi connectivity index (χ3v) is 1.67. The number of hydrogen-bond donors (Lipinski definition) is 4. The summed E-state index contributed by atoms with van der Waals surface area (Å²) in [6.07, 6.45) is 0. The van der Waals surface area contributed by atoms with Crippen molar-refractivity contribution in [3.8, 4) is 0 Å². The molecule has 0 aliphatic carbocycles. The third kappa shape index (κ3) is 5.10. The second-order valence-electron chi connectivity index (χ2n) is 2.84. The Labute approximate surface area is 84.4 Å². The van der Waals surface area contributed by atoms with Crippen LogP contribution in [0.5, 0.6) is 0 Å². The fourth-order valence-electron chi connectivity index (χ4n) is 0.744. The molecule has 15 heavy (non-hydrogen) atoms. The summed E-state index contributed by atoms with van der Waals surface area (Å²) in [6.45, 7) is -2.57. The number of hydrogen-bond acceptors (Lipinski definition) is 7. The Balaban J connectivity index is 4.29. The third-order valence-electron chi connectivity index (χ3n) is 1.67. The molecule has 0 aromatic heterocycles. The number of carbonyl (C=O) groups is 1. The molecule has 0 bridgehead atoms. The minimum Gasteiger partial charge on any atom is -0.480 e. The number of aliphatic carboxylic acids is 1. The Kier molecular flexibility index (Phi) is 5.52. The maximum absolute atomic E-state index is 10.2. The summed E-state index contributed by atoms with van der Waals surface area (Å²) < 4.78 is 0. The number of aliphatic hydroxyl groups excluding tert-OH is 2. The average Bonchev–Trinajstić information content (AvgIpc) is 2.19. The van der Waals surface area contributed by atoms with Gasteiger partial charge in [-0.15, -0.1) is 10.1 Å². The molecule has 0 aliphatic rings. The molecule has 0 spiro atoms. The number of nitrogens with zero attached hydrogens (tertiary/aromatic N) is 1. The Bertz CT molecular complexity index is 208. The summed E-state index contributed by atoms with van der Waals surface area (Å²) >= 11 is 0. The Morgan fingerprint density at radius 1 is 1.47 bits per heavy atom. The van der Waals surface area contributed by atoms with Gasteiger partial charge in [0, 0.05) is 0 Å². The van der Waals surface area contributed by atoms with Gasteiger partial charge in [0.25, 0.3) is 5.09 Å². The molecule has 0 aromatic carbocycles. The van der Waals surface area contributed by atoms with E-state index in [1.807, 2.05) is 0 Å². The number of carboxylic acid groups (broad SMARTS) is 1. The fraction of sp³-hybridized carbons (Fsp3) is 0.833. The summed E-state index contributed by atoms with van der Waals surface area (Å²) in [5.74, 6) is -1.22. The maximum Gasteiger partial charge on any atom is 0.317 e. The maximum atomic E-state index is 10.2. The van der Waals surface area contributed by atoms with Crippen LogP contribution in [0.1, 0.15) is 0 Å². The average molecular weight is 224 g/mol. The molecule has 0 aliphatic heterocycles. The van der Waals surface area contributed by atoms with Gasteiger partial charge in [-0.05, 0) is 0 Å². The van der Waals surface area contributed by atoms with Gasteiger partial charge < -0.3 is 20.2 Å². The predicted octanol–water partition coefficient (Wildman–Crippen LogP) is -2.41. The van der Waals surface area contributed by atoms with E-state index in [1.54, 1.807) is 0 Å². The van der Waals surface area contributed by atoms with Crippen LogP contribution < -0.4 is 5.32 Å². The van der Waals surface area contributed by atoms with Crippen LogP contribution in [0.4, 0.5) is 0 Å². The van der Waals surface area contributed by atoms with Crippen molar-refractivity contribution in [3.63, 3.8) is 0 Å². The number of carboxylic acids is 1. The molecule has 0 atom stereocenters. The Morgan fingerprint density at radius 2 is 2.00 bits per heavy atom. The first-order valence-corrected chi connectivity index (χ1v) is 3.91. The molecule has 0 amide bonds. The lowest BCUT2D eigenvalue weighted by Crippen LogP contribution is -2.57. The van der Waals surface area contributed by atoms with Crippen LogP contribution in [0.25, 0.3) is 0 Å². The van der Waals surface area contributed by atoms with Gasteiger partial charge in [0.1, 0.15) is 6.61 Å². The molecule has 0 aromatic rings. The van der Waals surface area contributed by atoms with Crippen molar-refractivity contribution in [1.82, 2.24) is 5.32 Å². The van der Waals surface area contributed by atoms with Gasteiger partial charge in [0.15, 0.2) is 0 Å². The fourth-order valence-corrected chi connectivity index (χ4v) is 0.744. The molecular formula is C6H12N2O7. The lowest BCUT2D eigenvalue weighted by molar-refractivity contribution is -0.759. The van der Waals surface area contributed by atoms with E-state index in [0.717, 1.165) is 0 Å². The minimum atomic E-state index is -1.54. The lowest BCUT2D eigenvalue weighted by atomic mass is 10.0. The highest BCUT2D eigenvalue weighted by Gasteiger charge is 2.30. The normalized spacial score (nSPS) is 11.1. The first-order chi connectivity index (χ1) is 6.95. The van der Waals surface area contributed by atoms with Crippen LogP contribution in [-0.4, -0.2) is 58.3 Å². The Morgan fingerprint density at radius 3 is 2.33 bits per heavy atom. The molecule has 0 saturated heterocycles. The van der Waals surface area contributed by atoms with E-state index >= 15 is 0 Å². The largest absolute Gasteiger partial charge is 0.480 e. The van der Waals surface area contributed by atoms with Crippen molar-refractivity contribution in [2.75, 3.05) is 26.4 Å². The number of nitrogens with one attached hydrogen (secondary N) is 1. The summed E-state index contributed by atoms with van der Waals surface area (Å²) in [5, 5.41) is 37.2. The van der Waals surface area contributed by atoms with Gasteiger partial charge in [-0.1, -0.05) is 0 Å². The smallest absolute Gasteiger partial charge is 0.317 e. The topological polar surface area (TPSA) is 142 Å². The SMILES string of the molecule is O=C(O)CNC(CO)(CO)CO[N+](=O)[O-]. The zero-order valence-corrected chi connectivity index (χ0v) is 7.75. The summed E-state index contributed by atoms with van der Waals surface area (Å²) in [6, 6.07) is 0. The van der Waals surface area contributed by atoms with Crippen LogP contribution in [0.3, 0.4) is 0 Å². The highest BCUT2D eigenvalue weighted by molar-refractivity contribution is 5.69. The van der Waals surface area contributed by atoms with Crippen LogP contribution >= 0.6 is 0 Å². The van der Waals surface area contributed by atoms with E-state index in [2.05, 4.69) is 10.2 Å². The van der Waals surface area contributed by atoms with Gasteiger partial charge >= 0.3 is 5.97 Å². The van der Waals surface area contributed by atoms with Crippen LogP contribution in [0.15, 0.2) is 0 Å². The second-order valence-corrected chi connectivity index (χ2v) is 2.84. The van der Waals surface area contributed by atoms with E-state index < -0.39 is 43.0 Å². The van der Waals surface area contributed by atoms with Crippen molar-refractivity contribution in [1.29, 1.82) is 0 Å². The molecule has 88 valence electrons. The molecule has 9 nitrogen and oxygen atoms in total. The molecule has 0 fully saturated rings. The zero-order valence-electron chi connectivity index (χ0n) is 7.75. The standard InChI is InChI=1S/C6H12N2O7/c9-2-6(3-10,4-15-8(13)14)7-1-5(11)12/h7,9-10H,1-4H2,(H,11,12). The van der Waals surface area contributed by atoms with Crippen molar-refractivity contribution in [2.24, 2.45) is 0 Å². The van der Waals surface area contributed by atoms with Crippen molar-refractivity contribution < 1.29 is 30.0 Å². The molecule has 0 unspecified atom stereocenters. The zero-order chi connectivity index (χ0) is 11.9.